The van der Waals surface area contributed by atoms with Gasteiger partial charge in [0, 0.05) is 24.7 Å². The predicted molar refractivity (Wildman–Crippen MR) is 123 cm³/mol. The van der Waals surface area contributed by atoms with Crippen molar-refractivity contribution in [1.29, 1.82) is 0 Å². The minimum atomic E-state index is -3.72. The number of nitrogens with zero attached hydrogens (tertiary/aromatic N) is 1. The van der Waals surface area contributed by atoms with Gasteiger partial charge in [0.2, 0.25) is 10.0 Å². The highest BCUT2D eigenvalue weighted by Crippen LogP contribution is 2.29. The molecule has 0 saturated heterocycles. The molecule has 1 aliphatic heterocycles. The van der Waals surface area contributed by atoms with Crippen LogP contribution in [0, 0.1) is 5.92 Å². The molecule has 8 heteroatoms. The molecular formula is C25H28FNO5S. The Hall–Kier alpha value is -2.68. The van der Waals surface area contributed by atoms with Gasteiger partial charge in [0.15, 0.2) is 0 Å². The van der Waals surface area contributed by atoms with Gasteiger partial charge in [0.05, 0.1) is 25.2 Å². The standard InChI is InChI=1S/C25H28FNO5S/c1-18-6-8-22(26)13-21(18)17-31-16-19-7-9-25-20(12-19)15-27(10-11-32-25)33(28,29)24-5-3-4-23(14-24)30-2/h3-5,7-9,12-14,18H,6,10-11,15-17H2,1-2H3. The SMILES string of the molecule is COc1cccc(S(=O)(=O)N2CCOc3ccc(COCC4=CC(F)=CCC4C)cc3C2)c1. The average molecular weight is 474 g/mol. The molecule has 0 aromatic heterocycles. The second-order valence-corrected chi connectivity index (χ2v) is 10.2. The van der Waals surface area contributed by atoms with Crippen LogP contribution in [-0.4, -0.2) is 39.6 Å². The molecule has 176 valence electrons. The third kappa shape index (κ3) is 5.46. The Bertz CT molecular complexity index is 1180. The Morgan fingerprint density at radius 3 is 2.85 bits per heavy atom. The number of hydrogen-bond acceptors (Lipinski definition) is 5. The zero-order valence-electron chi connectivity index (χ0n) is 18.8. The minimum absolute atomic E-state index is 0.181. The van der Waals surface area contributed by atoms with Gasteiger partial charge in [-0.15, -0.1) is 0 Å². The van der Waals surface area contributed by atoms with Crippen LogP contribution in [-0.2, 0) is 27.9 Å². The first-order valence-electron chi connectivity index (χ1n) is 10.9. The molecule has 0 spiro atoms. The normalized spacial score (nSPS) is 19.1. The van der Waals surface area contributed by atoms with Gasteiger partial charge in [0.1, 0.15) is 23.9 Å². The van der Waals surface area contributed by atoms with E-state index >= 15 is 0 Å². The predicted octanol–water partition coefficient (Wildman–Crippen LogP) is 4.61. The molecule has 1 aliphatic carbocycles. The fourth-order valence-electron chi connectivity index (χ4n) is 3.92. The summed E-state index contributed by atoms with van der Waals surface area (Å²) in [6, 6.07) is 12.1. The minimum Gasteiger partial charge on any atom is -0.497 e. The van der Waals surface area contributed by atoms with Gasteiger partial charge in [0.25, 0.3) is 0 Å². The molecule has 1 atom stereocenters. The molecule has 0 N–H and O–H groups in total. The Balaban J connectivity index is 1.47. The van der Waals surface area contributed by atoms with Crippen LogP contribution in [0.3, 0.4) is 0 Å². The van der Waals surface area contributed by atoms with Crippen LogP contribution >= 0.6 is 0 Å². The molecule has 1 heterocycles. The first kappa shape index (κ1) is 23.5. The molecule has 0 amide bonds. The molecule has 0 saturated carbocycles. The zero-order chi connectivity index (χ0) is 23.4. The summed E-state index contributed by atoms with van der Waals surface area (Å²) in [4.78, 5) is 0.181. The lowest BCUT2D eigenvalue weighted by molar-refractivity contribution is 0.136. The van der Waals surface area contributed by atoms with Crippen LogP contribution in [0.1, 0.15) is 24.5 Å². The lowest BCUT2D eigenvalue weighted by Gasteiger charge is -2.20. The molecule has 0 bridgehead atoms. The number of benzene rings is 2. The van der Waals surface area contributed by atoms with Crippen molar-refractivity contribution in [3.8, 4) is 11.5 Å². The van der Waals surface area contributed by atoms with E-state index in [2.05, 4.69) is 6.92 Å². The molecule has 4 rings (SSSR count). The van der Waals surface area contributed by atoms with Crippen molar-refractivity contribution in [2.75, 3.05) is 26.9 Å². The number of ether oxygens (including phenoxy) is 3. The van der Waals surface area contributed by atoms with Gasteiger partial charge in [-0.1, -0.05) is 19.1 Å². The summed E-state index contributed by atoms with van der Waals surface area (Å²) in [6.07, 6.45) is 3.81. The molecule has 6 nitrogen and oxygen atoms in total. The number of methoxy groups -OCH3 is 1. The van der Waals surface area contributed by atoms with Crippen LogP contribution in [0.5, 0.6) is 11.5 Å². The van der Waals surface area contributed by atoms with Gasteiger partial charge < -0.3 is 14.2 Å². The summed E-state index contributed by atoms with van der Waals surface area (Å²) < 4.78 is 58.3. The van der Waals surface area contributed by atoms with Crippen molar-refractivity contribution in [3.05, 3.63) is 77.1 Å². The molecule has 2 aromatic rings. The summed E-state index contributed by atoms with van der Waals surface area (Å²) in [5, 5.41) is 0. The van der Waals surface area contributed by atoms with E-state index in [-0.39, 0.29) is 36.3 Å². The summed E-state index contributed by atoms with van der Waals surface area (Å²) in [5.74, 6) is 1.18. The number of allylic oxidation sites excluding steroid dienone is 3. The van der Waals surface area contributed by atoms with Gasteiger partial charge in [-0.25, -0.2) is 12.8 Å². The smallest absolute Gasteiger partial charge is 0.243 e. The van der Waals surface area contributed by atoms with Gasteiger partial charge in [-0.3, -0.25) is 0 Å². The second-order valence-electron chi connectivity index (χ2n) is 8.25. The van der Waals surface area contributed by atoms with Crippen LogP contribution in [0.15, 0.2) is 70.9 Å². The number of rotatable bonds is 7. The highest BCUT2D eigenvalue weighted by Gasteiger charge is 2.28. The molecule has 0 radical (unpaired) electrons. The number of hydrogen-bond donors (Lipinski definition) is 0. The van der Waals surface area contributed by atoms with Crippen molar-refractivity contribution in [3.63, 3.8) is 0 Å². The molecule has 2 aliphatic rings. The lowest BCUT2D eigenvalue weighted by Crippen LogP contribution is -2.32. The Labute approximate surface area is 194 Å². The number of halogens is 1. The zero-order valence-corrected chi connectivity index (χ0v) is 19.6. The van der Waals surface area contributed by atoms with E-state index in [0.29, 0.717) is 31.1 Å². The van der Waals surface area contributed by atoms with Crippen molar-refractivity contribution >= 4 is 10.0 Å². The quantitative estimate of drug-likeness (QED) is 0.587. The van der Waals surface area contributed by atoms with Crippen LogP contribution in [0.25, 0.3) is 0 Å². The maximum Gasteiger partial charge on any atom is 0.243 e. The fraction of sp³-hybridized carbons (Fsp3) is 0.360. The largest absolute Gasteiger partial charge is 0.497 e. The highest BCUT2D eigenvalue weighted by atomic mass is 32.2. The maximum atomic E-state index is 13.5. The third-order valence-corrected chi connectivity index (χ3v) is 7.75. The van der Waals surface area contributed by atoms with Crippen molar-refractivity contribution in [2.24, 2.45) is 5.92 Å². The summed E-state index contributed by atoms with van der Waals surface area (Å²) in [6.45, 7) is 3.44. The van der Waals surface area contributed by atoms with E-state index < -0.39 is 10.0 Å². The third-order valence-electron chi connectivity index (χ3n) is 5.91. The Kier molecular flexibility index (Phi) is 7.17. The summed E-state index contributed by atoms with van der Waals surface area (Å²) in [7, 11) is -2.22. The lowest BCUT2D eigenvalue weighted by atomic mass is 9.93. The second kappa shape index (κ2) is 10.1. The van der Waals surface area contributed by atoms with E-state index in [1.807, 2.05) is 18.2 Å². The van der Waals surface area contributed by atoms with Gasteiger partial charge in [-0.2, -0.15) is 4.31 Å². The van der Waals surface area contributed by atoms with Crippen LogP contribution in [0.4, 0.5) is 4.39 Å². The van der Waals surface area contributed by atoms with E-state index in [1.54, 1.807) is 30.4 Å². The summed E-state index contributed by atoms with van der Waals surface area (Å²) >= 11 is 0. The monoisotopic (exact) mass is 473 g/mol. The molecule has 33 heavy (non-hydrogen) atoms. The fourth-order valence-corrected chi connectivity index (χ4v) is 5.36. The van der Waals surface area contributed by atoms with E-state index in [4.69, 9.17) is 14.2 Å². The first-order chi connectivity index (χ1) is 15.9. The van der Waals surface area contributed by atoms with Crippen molar-refractivity contribution < 1.29 is 27.0 Å². The van der Waals surface area contributed by atoms with E-state index in [9.17, 15) is 12.8 Å². The number of fused-ring (bicyclic) bond motifs is 1. The van der Waals surface area contributed by atoms with Gasteiger partial charge in [-0.05, 0) is 59.9 Å². The van der Waals surface area contributed by atoms with Gasteiger partial charge >= 0.3 is 0 Å². The van der Waals surface area contributed by atoms with Crippen molar-refractivity contribution in [1.82, 2.24) is 4.31 Å². The molecular weight excluding hydrogens is 445 g/mol. The van der Waals surface area contributed by atoms with Crippen LogP contribution < -0.4 is 9.47 Å². The number of sulfonamides is 1. The van der Waals surface area contributed by atoms with Crippen LogP contribution in [0.2, 0.25) is 0 Å². The molecule has 2 aromatic carbocycles. The van der Waals surface area contributed by atoms with E-state index in [0.717, 1.165) is 16.7 Å². The van der Waals surface area contributed by atoms with Crippen molar-refractivity contribution in [2.45, 2.75) is 31.4 Å². The summed E-state index contributed by atoms with van der Waals surface area (Å²) in [5.41, 5.74) is 2.61. The Morgan fingerprint density at radius 2 is 2.03 bits per heavy atom. The van der Waals surface area contributed by atoms with E-state index in [1.165, 1.54) is 17.5 Å². The highest BCUT2D eigenvalue weighted by molar-refractivity contribution is 7.89. The Morgan fingerprint density at radius 1 is 1.18 bits per heavy atom. The average Bonchev–Trinajstić information content (AvgIpc) is 3.04. The molecule has 0 fully saturated rings. The molecule has 1 unspecified atom stereocenters. The topological polar surface area (TPSA) is 65.1 Å². The maximum absolute atomic E-state index is 13.5. The first-order valence-corrected chi connectivity index (χ1v) is 12.3.